The standard InChI is InChI=1S/C9H10O/c1-7-3-2-4-8-5-6-10-9(7)8/h5-6H,1-4H2. The molecule has 0 saturated carbocycles. The molecule has 2 rings (SSSR count). The summed E-state index contributed by atoms with van der Waals surface area (Å²) < 4.78 is 5.27. The summed E-state index contributed by atoms with van der Waals surface area (Å²) in [6, 6.07) is 2.04. The first kappa shape index (κ1) is 5.78. The molecule has 0 atom stereocenters. The summed E-state index contributed by atoms with van der Waals surface area (Å²) in [4.78, 5) is 0. The van der Waals surface area contributed by atoms with Gasteiger partial charge in [-0.2, -0.15) is 0 Å². The Morgan fingerprint density at radius 1 is 1.40 bits per heavy atom. The van der Waals surface area contributed by atoms with Crippen LogP contribution in [0.3, 0.4) is 0 Å². The van der Waals surface area contributed by atoms with Crippen molar-refractivity contribution in [2.24, 2.45) is 0 Å². The van der Waals surface area contributed by atoms with Crippen LogP contribution in [-0.2, 0) is 6.42 Å². The van der Waals surface area contributed by atoms with E-state index in [1.807, 2.05) is 6.07 Å². The van der Waals surface area contributed by atoms with Crippen molar-refractivity contribution in [2.45, 2.75) is 19.3 Å². The molecule has 0 saturated heterocycles. The summed E-state index contributed by atoms with van der Waals surface area (Å²) in [7, 11) is 0. The number of allylic oxidation sites excluding steroid dienone is 1. The van der Waals surface area contributed by atoms with Gasteiger partial charge in [-0.25, -0.2) is 0 Å². The molecular weight excluding hydrogens is 124 g/mol. The Morgan fingerprint density at radius 3 is 3.10 bits per heavy atom. The van der Waals surface area contributed by atoms with Crippen LogP contribution in [0.25, 0.3) is 5.57 Å². The number of fused-ring (bicyclic) bond motifs is 1. The van der Waals surface area contributed by atoms with E-state index < -0.39 is 0 Å². The van der Waals surface area contributed by atoms with E-state index in [-0.39, 0.29) is 0 Å². The molecule has 0 N–H and O–H groups in total. The molecule has 52 valence electrons. The normalized spacial score (nSPS) is 17.0. The first-order chi connectivity index (χ1) is 4.88. The first-order valence-corrected chi connectivity index (χ1v) is 3.62. The zero-order valence-electron chi connectivity index (χ0n) is 5.89. The number of hydrogen-bond donors (Lipinski definition) is 0. The van der Waals surface area contributed by atoms with Crippen molar-refractivity contribution in [1.29, 1.82) is 0 Å². The summed E-state index contributed by atoms with van der Waals surface area (Å²) in [6.07, 6.45) is 5.23. The Labute approximate surface area is 60.4 Å². The second-order valence-corrected chi connectivity index (χ2v) is 2.73. The Balaban J connectivity index is 2.50. The van der Waals surface area contributed by atoms with Gasteiger partial charge in [-0.1, -0.05) is 6.58 Å². The Hall–Kier alpha value is -0.980. The lowest BCUT2D eigenvalue weighted by Crippen LogP contribution is -1.96. The maximum Gasteiger partial charge on any atom is 0.132 e. The number of hydrogen-bond acceptors (Lipinski definition) is 1. The van der Waals surface area contributed by atoms with Gasteiger partial charge < -0.3 is 4.42 Å². The van der Waals surface area contributed by atoms with Crippen LogP contribution in [0.15, 0.2) is 23.3 Å². The highest BCUT2D eigenvalue weighted by Gasteiger charge is 2.14. The molecule has 1 aromatic rings. The van der Waals surface area contributed by atoms with Crippen LogP contribution in [0, 0.1) is 0 Å². The first-order valence-electron chi connectivity index (χ1n) is 3.62. The minimum Gasteiger partial charge on any atom is -0.464 e. The van der Waals surface area contributed by atoms with E-state index in [9.17, 15) is 0 Å². The summed E-state index contributed by atoms with van der Waals surface area (Å²) in [5, 5.41) is 0. The minimum absolute atomic E-state index is 1.03. The topological polar surface area (TPSA) is 13.1 Å². The lowest BCUT2D eigenvalue weighted by molar-refractivity contribution is 0.539. The molecule has 0 spiro atoms. The SMILES string of the molecule is C=C1CCCc2ccoc21. The molecule has 0 unspecified atom stereocenters. The predicted octanol–water partition coefficient (Wildman–Crippen LogP) is 2.63. The largest absolute Gasteiger partial charge is 0.464 e. The molecule has 0 aromatic carbocycles. The van der Waals surface area contributed by atoms with Gasteiger partial charge in [-0.05, 0) is 36.5 Å². The zero-order valence-corrected chi connectivity index (χ0v) is 5.89. The van der Waals surface area contributed by atoms with Crippen molar-refractivity contribution >= 4 is 5.57 Å². The number of furan rings is 1. The predicted molar refractivity (Wildman–Crippen MR) is 40.7 cm³/mol. The van der Waals surface area contributed by atoms with Crippen LogP contribution in [0.1, 0.15) is 24.2 Å². The van der Waals surface area contributed by atoms with Crippen LogP contribution in [-0.4, -0.2) is 0 Å². The Kier molecular flexibility index (Phi) is 1.16. The fraction of sp³-hybridized carbons (Fsp3) is 0.333. The molecule has 0 bridgehead atoms. The van der Waals surface area contributed by atoms with Crippen LogP contribution < -0.4 is 0 Å². The van der Waals surface area contributed by atoms with Crippen molar-refractivity contribution < 1.29 is 4.42 Å². The van der Waals surface area contributed by atoms with Gasteiger partial charge in [-0.3, -0.25) is 0 Å². The maximum absolute atomic E-state index is 5.27. The van der Waals surface area contributed by atoms with Crippen molar-refractivity contribution in [3.8, 4) is 0 Å². The molecule has 1 heterocycles. The summed E-state index contributed by atoms with van der Waals surface area (Å²) in [5.74, 6) is 1.03. The molecule has 10 heavy (non-hydrogen) atoms. The second-order valence-electron chi connectivity index (χ2n) is 2.73. The van der Waals surface area contributed by atoms with Crippen LogP contribution in [0.4, 0.5) is 0 Å². The third-order valence-corrected chi connectivity index (χ3v) is 1.99. The van der Waals surface area contributed by atoms with Gasteiger partial charge in [0.25, 0.3) is 0 Å². The lowest BCUT2D eigenvalue weighted by Gasteiger charge is -2.10. The molecule has 1 aromatic heterocycles. The average molecular weight is 134 g/mol. The van der Waals surface area contributed by atoms with E-state index >= 15 is 0 Å². The maximum atomic E-state index is 5.27. The number of aryl methyl sites for hydroxylation is 1. The second kappa shape index (κ2) is 2.01. The van der Waals surface area contributed by atoms with E-state index in [2.05, 4.69) is 6.58 Å². The van der Waals surface area contributed by atoms with Crippen LogP contribution in [0.5, 0.6) is 0 Å². The summed E-state index contributed by atoms with van der Waals surface area (Å²) in [5.41, 5.74) is 2.49. The molecule has 1 aliphatic rings. The highest BCUT2D eigenvalue weighted by Crippen LogP contribution is 2.29. The zero-order chi connectivity index (χ0) is 6.97. The quantitative estimate of drug-likeness (QED) is 0.531. The molecule has 0 radical (unpaired) electrons. The van der Waals surface area contributed by atoms with E-state index in [4.69, 9.17) is 4.42 Å². The van der Waals surface area contributed by atoms with Gasteiger partial charge in [0.1, 0.15) is 5.76 Å². The molecule has 1 aliphatic carbocycles. The molecular formula is C9H10O. The summed E-state index contributed by atoms with van der Waals surface area (Å²) in [6.45, 7) is 3.93. The van der Waals surface area contributed by atoms with E-state index in [0.717, 1.165) is 24.2 Å². The van der Waals surface area contributed by atoms with Crippen LogP contribution in [0.2, 0.25) is 0 Å². The molecule has 1 heteroatoms. The fourth-order valence-electron chi connectivity index (χ4n) is 1.45. The van der Waals surface area contributed by atoms with Gasteiger partial charge in [-0.15, -0.1) is 0 Å². The fourth-order valence-corrected chi connectivity index (χ4v) is 1.45. The molecule has 0 fully saturated rings. The van der Waals surface area contributed by atoms with E-state index in [1.54, 1.807) is 6.26 Å². The molecule has 0 aliphatic heterocycles. The van der Waals surface area contributed by atoms with Crippen LogP contribution >= 0.6 is 0 Å². The van der Waals surface area contributed by atoms with E-state index in [0.29, 0.717) is 0 Å². The number of rotatable bonds is 0. The van der Waals surface area contributed by atoms with Crippen molar-refractivity contribution in [3.05, 3.63) is 30.2 Å². The van der Waals surface area contributed by atoms with Crippen molar-refractivity contribution in [3.63, 3.8) is 0 Å². The third kappa shape index (κ3) is 0.703. The lowest BCUT2D eigenvalue weighted by atomic mass is 9.95. The Bertz CT molecular complexity index is 257. The van der Waals surface area contributed by atoms with Gasteiger partial charge in [0, 0.05) is 0 Å². The molecule has 0 amide bonds. The molecule has 1 nitrogen and oxygen atoms in total. The van der Waals surface area contributed by atoms with Gasteiger partial charge in [0.05, 0.1) is 6.26 Å². The van der Waals surface area contributed by atoms with Crippen molar-refractivity contribution in [1.82, 2.24) is 0 Å². The van der Waals surface area contributed by atoms with Gasteiger partial charge >= 0.3 is 0 Å². The van der Waals surface area contributed by atoms with Crippen molar-refractivity contribution in [2.75, 3.05) is 0 Å². The minimum atomic E-state index is 1.03. The highest BCUT2D eigenvalue weighted by atomic mass is 16.3. The van der Waals surface area contributed by atoms with E-state index in [1.165, 1.54) is 12.0 Å². The summed E-state index contributed by atoms with van der Waals surface area (Å²) >= 11 is 0. The highest BCUT2D eigenvalue weighted by molar-refractivity contribution is 5.63. The van der Waals surface area contributed by atoms with Gasteiger partial charge in [0.15, 0.2) is 0 Å². The monoisotopic (exact) mass is 134 g/mol. The van der Waals surface area contributed by atoms with Gasteiger partial charge in [0.2, 0.25) is 0 Å². The average Bonchev–Trinajstić information content (AvgIpc) is 2.36. The smallest absolute Gasteiger partial charge is 0.132 e. The Morgan fingerprint density at radius 2 is 2.30 bits per heavy atom. The third-order valence-electron chi connectivity index (χ3n) is 1.99.